The van der Waals surface area contributed by atoms with Gasteiger partial charge in [0.1, 0.15) is 7.05 Å². The molecule has 0 N–H and O–H groups in total. The van der Waals surface area contributed by atoms with Crippen LogP contribution in [0.25, 0.3) is 17.2 Å². The van der Waals surface area contributed by atoms with Gasteiger partial charge in [0.25, 0.3) is 5.52 Å². The van der Waals surface area contributed by atoms with E-state index in [2.05, 4.69) is 97.2 Å². The van der Waals surface area contributed by atoms with Gasteiger partial charge in [0.15, 0.2) is 0 Å². The lowest BCUT2D eigenvalue weighted by Crippen LogP contribution is -3.00. The van der Waals surface area contributed by atoms with Crippen molar-refractivity contribution >= 4 is 30.4 Å². The van der Waals surface area contributed by atoms with Crippen molar-refractivity contribution in [2.75, 3.05) is 11.9 Å². The van der Waals surface area contributed by atoms with Crippen LogP contribution in [0, 0.1) is 0 Å². The normalized spacial score (nSPS) is 17.7. The number of anilines is 1. The first-order valence-electron chi connectivity index (χ1n) is 10.7. The molecule has 0 saturated heterocycles. The standard InChI is InChI=1S/C26H25N2O.BF3.FH/c1-26(18-19-11-5-4-6-12-19)20-13-7-8-14-21(20)27(2)24(26)17-25-28(3)22-15-9-10-16-23(22)29-25;2-1(3)4;/h4-17H,18H2,1-3H3;;1H/q+1;;/p-1. The lowest BCUT2D eigenvalue weighted by molar-refractivity contribution is -0.652. The van der Waals surface area contributed by atoms with E-state index in [-0.39, 0.29) is 10.1 Å². The number of aromatic nitrogens is 1. The Morgan fingerprint density at radius 1 is 0.941 bits per heavy atom. The SMILES string of the molecule is CN1C(=Cc2oc3ccccc3[n+]2C)C(C)(Cc2ccccc2)c2ccccc21.FB(F)F.[F-]. The van der Waals surface area contributed by atoms with Crippen LogP contribution in [0.2, 0.25) is 0 Å². The number of hydrogen-bond donors (Lipinski definition) is 0. The molecule has 2 heterocycles. The van der Waals surface area contributed by atoms with Crippen LogP contribution in [-0.2, 0) is 18.9 Å². The molecule has 4 aromatic rings. The first-order valence-corrected chi connectivity index (χ1v) is 10.7. The summed E-state index contributed by atoms with van der Waals surface area (Å²) in [6.45, 7) is 2.34. The molecule has 0 aliphatic carbocycles. The molecule has 176 valence electrons. The van der Waals surface area contributed by atoms with E-state index in [1.54, 1.807) is 0 Å². The van der Waals surface area contributed by atoms with Crippen molar-refractivity contribution in [2.24, 2.45) is 7.05 Å². The van der Waals surface area contributed by atoms with Gasteiger partial charge in [-0.25, -0.2) is 0 Å². The first kappa shape index (κ1) is 25.1. The molecular weight excluding hydrogens is 443 g/mol. The predicted molar refractivity (Wildman–Crippen MR) is 127 cm³/mol. The predicted octanol–water partition coefficient (Wildman–Crippen LogP) is 3.13. The van der Waals surface area contributed by atoms with Gasteiger partial charge in [-0.3, -0.25) is 12.9 Å². The molecular formula is C26H25BF4N2O. The minimum Gasteiger partial charge on any atom is -1.00 e. The highest BCUT2D eigenvalue weighted by molar-refractivity contribution is 6.33. The lowest BCUT2D eigenvalue weighted by Gasteiger charge is -2.28. The molecule has 8 heteroatoms. The van der Waals surface area contributed by atoms with E-state index in [0.29, 0.717) is 0 Å². The highest BCUT2D eigenvalue weighted by Crippen LogP contribution is 2.49. The Kier molecular flexibility index (Phi) is 7.49. The minimum atomic E-state index is -3.67. The van der Waals surface area contributed by atoms with Gasteiger partial charge in [0.2, 0.25) is 5.58 Å². The third kappa shape index (κ3) is 4.71. The smallest absolute Gasteiger partial charge is 0.762 e. The van der Waals surface area contributed by atoms with Crippen molar-refractivity contribution < 1.29 is 26.6 Å². The van der Waals surface area contributed by atoms with E-state index < -0.39 is 7.54 Å². The van der Waals surface area contributed by atoms with Gasteiger partial charge in [-0.1, -0.05) is 60.7 Å². The molecule has 0 saturated carbocycles. The van der Waals surface area contributed by atoms with Crippen LogP contribution in [0.1, 0.15) is 23.9 Å². The first-order chi connectivity index (χ1) is 15.8. The second-order valence-electron chi connectivity index (χ2n) is 8.31. The van der Waals surface area contributed by atoms with Gasteiger partial charge in [-0.05, 0) is 36.6 Å². The van der Waals surface area contributed by atoms with Crippen molar-refractivity contribution in [3.05, 3.63) is 102 Å². The van der Waals surface area contributed by atoms with Crippen molar-refractivity contribution in [1.29, 1.82) is 0 Å². The second-order valence-corrected chi connectivity index (χ2v) is 8.31. The third-order valence-corrected chi connectivity index (χ3v) is 6.22. The van der Waals surface area contributed by atoms with Gasteiger partial charge in [-0.15, -0.1) is 0 Å². The fourth-order valence-electron chi connectivity index (χ4n) is 4.68. The van der Waals surface area contributed by atoms with Gasteiger partial charge in [0.05, 0.1) is 6.08 Å². The van der Waals surface area contributed by atoms with Gasteiger partial charge < -0.3 is 14.0 Å². The maximum atomic E-state index is 9.67. The van der Waals surface area contributed by atoms with Crippen LogP contribution in [0.3, 0.4) is 0 Å². The van der Waals surface area contributed by atoms with E-state index in [0.717, 1.165) is 23.4 Å². The number of benzene rings is 3. The van der Waals surface area contributed by atoms with Crippen LogP contribution in [-0.4, -0.2) is 14.6 Å². The van der Waals surface area contributed by atoms with Crippen LogP contribution in [0.4, 0.5) is 18.6 Å². The summed E-state index contributed by atoms with van der Waals surface area (Å²) in [7, 11) is 0.554. The number of likely N-dealkylation sites (N-methyl/N-ethyl adjacent to an activating group) is 1. The van der Waals surface area contributed by atoms with Crippen molar-refractivity contribution in [3.8, 4) is 0 Å². The number of allylic oxidation sites excluding steroid dienone is 1. The number of fused-ring (bicyclic) bond motifs is 2. The summed E-state index contributed by atoms with van der Waals surface area (Å²) in [6, 6.07) is 27.6. The molecule has 34 heavy (non-hydrogen) atoms. The minimum absolute atomic E-state index is 0. The van der Waals surface area contributed by atoms with Gasteiger partial charge in [-0.2, -0.15) is 4.57 Å². The van der Waals surface area contributed by atoms with E-state index in [1.165, 1.54) is 22.5 Å². The number of halogens is 4. The maximum absolute atomic E-state index is 9.67. The Labute approximate surface area is 196 Å². The summed E-state index contributed by atoms with van der Waals surface area (Å²) in [5.41, 5.74) is 7.06. The summed E-state index contributed by atoms with van der Waals surface area (Å²) in [4.78, 5) is 2.31. The Balaban J connectivity index is 0.000000603. The third-order valence-electron chi connectivity index (χ3n) is 6.22. The van der Waals surface area contributed by atoms with Crippen LogP contribution >= 0.6 is 0 Å². The molecule has 1 aromatic heterocycles. The Morgan fingerprint density at radius 3 is 2.21 bits per heavy atom. The van der Waals surface area contributed by atoms with Gasteiger partial charge >= 0.3 is 13.4 Å². The molecule has 0 bridgehead atoms. The number of oxazole rings is 1. The van der Waals surface area contributed by atoms with Crippen molar-refractivity contribution in [1.82, 2.24) is 0 Å². The number of rotatable bonds is 3. The molecule has 1 aliphatic heterocycles. The molecule has 3 aromatic carbocycles. The monoisotopic (exact) mass is 468 g/mol. The summed E-state index contributed by atoms with van der Waals surface area (Å²) >= 11 is 0. The van der Waals surface area contributed by atoms with E-state index in [1.807, 2.05) is 18.2 Å². The summed E-state index contributed by atoms with van der Waals surface area (Å²) < 4.78 is 37.3. The number of hydrogen-bond acceptors (Lipinski definition) is 2. The maximum Gasteiger partial charge on any atom is 0.762 e. The average Bonchev–Trinajstić information content (AvgIpc) is 3.22. The van der Waals surface area contributed by atoms with Crippen LogP contribution in [0.15, 0.2) is 89.0 Å². The zero-order valence-corrected chi connectivity index (χ0v) is 19.2. The summed E-state index contributed by atoms with van der Waals surface area (Å²) in [5, 5.41) is 0. The lowest BCUT2D eigenvalue weighted by atomic mass is 9.76. The Hall–Kier alpha value is -3.55. The quantitative estimate of drug-likeness (QED) is 0.262. The largest absolute Gasteiger partial charge is 1.00 e. The van der Waals surface area contributed by atoms with Crippen LogP contribution in [0.5, 0.6) is 0 Å². The fraction of sp³-hybridized carbons (Fsp3) is 0.192. The van der Waals surface area contributed by atoms with E-state index in [9.17, 15) is 12.9 Å². The van der Waals surface area contributed by atoms with E-state index in [4.69, 9.17) is 4.42 Å². The van der Waals surface area contributed by atoms with Crippen molar-refractivity contribution in [3.63, 3.8) is 0 Å². The average molecular weight is 468 g/mol. The summed E-state index contributed by atoms with van der Waals surface area (Å²) in [6.07, 6.45) is 3.15. The van der Waals surface area contributed by atoms with Crippen LogP contribution < -0.4 is 14.2 Å². The Morgan fingerprint density at radius 2 is 1.53 bits per heavy atom. The molecule has 3 nitrogen and oxygen atoms in total. The Bertz CT molecular complexity index is 1290. The van der Waals surface area contributed by atoms with E-state index >= 15 is 0 Å². The second kappa shape index (κ2) is 10.2. The molecule has 1 aliphatic rings. The number of nitrogens with zero attached hydrogens (tertiary/aromatic N) is 2. The van der Waals surface area contributed by atoms with Crippen molar-refractivity contribution in [2.45, 2.75) is 18.8 Å². The highest BCUT2D eigenvalue weighted by atomic mass is 19.4. The fourth-order valence-corrected chi connectivity index (χ4v) is 4.68. The molecule has 1 atom stereocenters. The summed E-state index contributed by atoms with van der Waals surface area (Å²) in [5.74, 6) is 0.861. The molecule has 0 spiro atoms. The number of para-hydroxylation sites is 3. The molecule has 0 amide bonds. The topological polar surface area (TPSA) is 20.3 Å². The molecule has 0 fully saturated rings. The number of aryl methyl sites for hydroxylation is 1. The molecule has 0 radical (unpaired) electrons. The highest BCUT2D eigenvalue weighted by Gasteiger charge is 2.43. The molecule has 5 rings (SSSR count). The van der Waals surface area contributed by atoms with Gasteiger partial charge in [0, 0.05) is 29.9 Å². The molecule has 1 unspecified atom stereocenters. The zero-order chi connectivity index (χ0) is 23.6. The zero-order valence-electron chi connectivity index (χ0n) is 19.2.